The Kier molecular flexibility index (Phi) is 4.48. The van der Waals surface area contributed by atoms with E-state index in [2.05, 4.69) is 5.32 Å². The van der Waals surface area contributed by atoms with Crippen molar-refractivity contribution in [2.75, 3.05) is 12.4 Å². The number of carboxylic acids is 1. The highest BCUT2D eigenvalue weighted by molar-refractivity contribution is 6.31. The largest absolute Gasteiger partial charge is 0.497 e. The summed E-state index contributed by atoms with van der Waals surface area (Å²) in [6, 6.07) is 12.3. The van der Waals surface area contributed by atoms with Crippen molar-refractivity contribution in [3.63, 3.8) is 0 Å². The minimum absolute atomic E-state index is 0.158. The number of carboxylic acid groups (broad SMARTS) is 1. The zero-order valence-corrected chi connectivity index (χ0v) is 11.6. The van der Waals surface area contributed by atoms with Gasteiger partial charge in [-0.3, -0.25) is 0 Å². The first-order chi connectivity index (χ1) is 9.60. The highest BCUT2D eigenvalue weighted by atomic mass is 35.5. The molecule has 0 radical (unpaired) electrons. The molecular weight excluding hydrogens is 278 g/mol. The van der Waals surface area contributed by atoms with E-state index >= 15 is 0 Å². The van der Waals surface area contributed by atoms with Gasteiger partial charge in [-0.1, -0.05) is 23.7 Å². The summed E-state index contributed by atoms with van der Waals surface area (Å²) < 4.78 is 5.08. The molecule has 5 heteroatoms. The van der Waals surface area contributed by atoms with Crippen molar-refractivity contribution in [1.29, 1.82) is 0 Å². The summed E-state index contributed by atoms with van der Waals surface area (Å²) in [7, 11) is 1.61. The molecule has 0 aromatic heterocycles. The molecule has 0 aliphatic rings. The number of anilines is 1. The standard InChI is InChI=1S/C15H14ClNO3/c1-20-12-5-2-10(3-6-12)9-17-14-7-4-11(16)8-13(14)15(18)19/h2-8,17H,9H2,1H3,(H,18,19). The molecule has 2 aromatic rings. The second-order valence-corrected chi connectivity index (χ2v) is 4.63. The quantitative estimate of drug-likeness (QED) is 0.882. The van der Waals surface area contributed by atoms with Crippen LogP contribution in [0.25, 0.3) is 0 Å². The Bertz CT molecular complexity index is 611. The second kappa shape index (κ2) is 6.30. The molecule has 0 amide bonds. The number of ether oxygens (including phenoxy) is 1. The Morgan fingerprint density at radius 3 is 2.55 bits per heavy atom. The van der Waals surface area contributed by atoms with Gasteiger partial charge < -0.3 is 15.2 Å². The van der Waals surface area contributed by atoms with Crippen LogP contribution >= 0.6 is 11.6 Å². The Morgan fingerprint density at radius 2 is 1.95 bits per heavy atom. The molecule has 0 aliphatic heterocycles. The van der Waals surface area contributed by atoms with Gasteiger partial charge in [0.25, 0.3) is 0 Å². The van der Waals surface area contributed by atoms with E-state index in [1.165, 1.54) is 6.07 Å². The fraction of sp³-hybridized carbons (Fsp3) is 0.133. The SMILES string of the molecule is COc1ccc(CNc2ccc(Cl)cc2C(=O)O)cc1. The maximum Gasteiger partial charge on any atom is 0.337 e. The first-order valence-electron chi connectivity index (χ1n) is 6.00. The van der Waals surface area contributed by atoms with Crippen molar-refractivity contribution in [2.45, 2.75) is 6.54 Å². The number of benzene rings is 2. The second-order valence-electron chi connectivity index (χ2n) is 4.20. The lowest BCUT2D eigenvalue weighted by molar-refractivity contribution is 0.0698. The third kappa shape index (κ3) is 3.42. The van der Waals surface area contributed by atoms with E-state index in [4.69, 9.17) is 21.4 Å². The molecule has 2 rings (SSSR count). The molecule has 0 saturated carbocycles. The van der Waals surface area contributed by atoms with Crippen molar-refractivity contribution >= 4 is 23.3 Å². The normalized spacial score (nSPS) is 10.1. The number of carbonyl (C=O) groups is 1. The summed E-state index contributed by atoms with van der Waals surface area (Å²) in [6.07, 6.45) is 0. The Morgan fingerprint density at radius 1 is 1.25 bits per heavy atom. The smallest absolute Gasteiger partial charge is 0.337 e. The number of hydrogen-bond donors (Lipinski definition) is 2. The molecule has 2 aromatic carbocycles. The van der Waals surface area contributed by atoms with Crippen LogP contribution in [0.15, 0.2) is 42.5 Å². The minimum Gasteiger partial charge on any atom is -0.497 e. The van der Waals surface area contributed by atoms with Crippen LogP contribution in [-0.4, -0.2) is 18.2 Å². The number of aromatic carboxylic acids is 1. The van der Waals surface area contributed by atoms with Gasteiger partial charge in [-0.05, 0) is 35.9 Å². The van der Waals surface area contributed by atoms with Crippen LogP contribution in [0.5, 0.6) is 5.75 Å². The number of methoxy groups -OCH3 is 1. The van der Waals surface area contributed by atoms with Crippen LogP contribution in [-0.2, 0) is 6.54 Å². The molecule has 0 saturated heterocycles. The molecule has 0 heterocycles. The topological polar surface area (TPSA) is 58.6 Å². The Balaban J connectivity index is 2.12. The number of nitrogens with one attached hydrogen (secondary N) is 1. The van der Waals surface area contributed by atoms with E-state index in [1.54, 1.807) is 19.2 Å². The average molecular weight is 292 g/mol. The van der Waals surface area contributed by atoms with Crippen molar-refractivity contribution < 1.29 is 14.6 Å². The van der Waals surface area contributed by atoms with Gasteiger partial charge >= 0.3 is 5.97 Å². The summed E-state index contributed by atoms with van der Waals surface area (Å²) in [5.74, 6) is -0.226. The van der Waals surface area contributed by atoms with E-state index < -0.39 is 5.97 Å². The summed E-state index contributed by atoms with van der Waals surface area (Å²) >= 11 is 5.81. The van der Waals surface area contributed by atoms with Gasteiger partial charge in [-0.25, -0.2) is 4.79 Å². The fourth-order valence-electron chi connectivity index (χ4n) is 1.79. The molecule has 2 N–H and O–H groups in total. The summed E-state index contributed by atoms with van der Waals surface area (Å²) in [5, 5.41) is 12.6. The first-order valence-corrected chi connectivity index (χ1v) is 6.37. The summed E-state index contributed by atoms with van der Waals surface area (Å²) in [6.45, 7) is 0.520. The van der Waals surface area contributed by atoms with Crippen LogP contribution in [0, 0.1) is 0 Å². The third-order valence-corrected chi connectivity index (χ3v) is 3.09. The van der Waals surface area contributed by atoms with Gasteiger partial charge in [0.1, 0.15) is 5.75 Å². The molecule has 4 nitrogen and oxygen atoms in total. The first kappa shape index (κ1) is 14.2. The van der Waals surface area contributed by atoms with Crippen LogP contribution < -0.4 is 10.1 Å². The summed E-state index contributed by atoms with van der Waals surface area (Å²) in [5.41, 5.74) is 1.72. The predicted octanol–water partition coefficient (Wildman–Crippen LogP) is 3.66. The Labute approximate surface area is 122 Å². The number of halogens is 1. The van der Waals surface area contributed by atoms with Gasteiger partial charge in [-0.15, -0.1) is 0 Å². The molecule has 0 spiro atoms. The van der Waals surface area contributed by atoms with Gasteiger partial charge in [0.15, 0.2) is 0 Å². The van der Waals surface area contributed by atoms with Crippen molar-refractivity contribution in [1.82, 2.24) is 0 Å². The lowest BCUT2D eigenvalue weighted by atomic mass is 10.1. The van der Waals surface area contributed by atoms with E-state index in [-0.39, 0.29) is 5.56 Å². The zero-order valence-electron chi connectivity index (χ0n) is 10.9. The summed E-state index contributed by atoms with van der Waals surface area (Å²) in [4.78, 5) is 11.2. The lowest BCUT2D eigenvalue weighted by Crippen LogP contribution is -2.06. The maximum absolute atomic E-state index is 11.2. The maximum atomic E-state index is 11.2. The van der Waals surface area contributed by atoms with Crippen molar-refractivity contribution in [3.05, 3.63) is 58.6 Å². The molecule has 104 valence electrons. The highest BCUT2D eigenvalue weighted by Gasteiger charge is 2.10. The van der Waals surface area contributed by atoms with Gasteiger partial charge in [0.05, 0.1) is 12.7 Å². The van der Waals surface area contributed by atoms with E-state index in [0.29, 0.717) is 17.3 Å². The minimum atomic E-state index is -1.01. The molecular formula is C15H14ClNO3. The van der Waals surface area contributed by atoms with Gasteiger partial charge in [0, 0.05) is 17.3 Å². The van der Waals surface area contributed by atoms with Gasteiger partial charge in [0.2, 0.25) is 0 Å². The third-order valence-electron chi connectivity index (χ3n) is 2.85. The molecule has 0 unspecified atom stereocenters. The van der Waals surface area contributed by atoms with Crippen molar-refractivity contribution in [3.8, 4) is 5.75 Å². The average Bonchev–Trinajstić information content (AvgIpc) is 2.46. The van der Waals surface area contributed by atoms with Crippen LogP contribution in [0.1, 0.15) is 15.9 Å². The molecule has 0 fully saturated rings. The van der Waals surface area contributed by atoms with Crippen LogP contribution in [0.2, 0.25) is 5.02 Å². The lowest BCUT2D eigenvalue weighted by Gasteiger charge is -2.10. The van der Waals surface area contributed by atoms with E-state index in [1.807, 2.05) is 24.3 Å². The Hall–Kier alpha value is -2.20. The number of hydrogen-bond acceptors (Lipinski definition) is 3. The van der Waals surface area contributed by atoms with E-state index in [9.17, 15) is 4.79 Å². The molecule has 0 bridgehead atoms. The van der Waals surface area contributed by atoms with Crippen molar-refractivity contribution in [2.24, 2.45) is 0 Å². The van der Waals surface area contributed by atoms with Gasteiger partial charge in [-0.2, -0.15) is 0 Å². The molecule has 0 atom stereocenters. The zero-order chi connectivity index (χ0) is 14.5. The van der Waals surface area contributed by atoms with Crippen LogP contribution in [0.3, 0.4) is 0 Å². The van der Waals surface area contributed by atoms with E-state index in [0.717, 1.165) is 11.3 Å². The fourth-order valence-corrected chi connectivity index (χ4v) is 1.96. The predicted molar refractivity (Wildman–Crippen MR) is 78.7 cm³/mol. The number of rotatable bonds is 5. The monoisotopic (exact) mass is 291 g/mol. The van der Waals surface area contributed by atoms with Crippen LogP contribution in [0.4, 0.5) is 5.69 Å². The highest BCUT2D eigenvalue weighted by Crippen LogP contribution is 2.21. The molecule has 0 aliphatic carbocycles. The molecule has 20 heavy (non-hydrogen) atoms.